The molecule has 0 amide bonds. The first kappa shape index (κ1) is 8.23. The molecule has 1 aliphatic carbocycles. The summed E-state index contributed by atoms with van der Waals surface area (Å²) in [6.45, 7) is 0. The zero-order valence-corrected chi connectivity index (χ0v) is 6.58. The number of rotatable bonds is 1. The summed E-state index contributed by atoms with van der Waals surface area (Å²) in [5.74, 6) is 0. The second kappa shape index (κ2) is 3.02. The highest BCUT2D eigenvalue weighted by molar-refractivity contribution is 7.90. The number of hydrogen-bond acceptors (Lipinski definition) is 2. The van der Waals surface area contributed by atoms with Crippen molar-refractivity contribution in [2.24, 2.45) is 0 Å². The van der Waals surface area contributed by atoms with Crippen LogP contribution in [-0.4, -0.2) is 13.0 Å². The van der Waals surface area contributed by atoms with E-state index in [1.54, 1.807) is 18.2 Å². The van der Waals surface area contributed by atoms with Gasteiger partial charge in [0.25, 0.3) is 10.1 Å². The van der Waals surface area contributed by atoms with Gasteiger partial charge in [0, 0.05) is 0 Å². The first-order valence-corrected chi connectivity index (χ1v) is 4.55. The van der Waals surface area contributed by atoms with Crippen molar-refractivity contribution in [3.05, 3.63) is 35.3 Å². The van der Waals surface area contributed by atoms with Crippen LogP contribution in [0.5, 0.6) is 0 Å². The highest BCUT2D eigenvalue weighted by Gasteiger charge is 2.08. The summed E-state index contributed by atoms with van der Waals surface area (Å²) in [6, 6.07) is 0. The molecule has 3 nitrogen and oxygen atoms in total. The van der Waals surface area contributed by atoms with Crippen LogP contribution in [0, 0.1) is 0 Å². The van der Waals surface area contributed by atoms with Gasteiger partial charge in [-0.3, -0.25) is 4.55 Å². The lowest BCUT2D eigenvalue weighted by atomic mass is 10.4. The topological polar surface area (TPSA) is 54.4 Å². The van der Waals surface area contributed by atoms with E-state index < -0.39 is 10.1 Å². The fourth-order valence-electron chi connectivity index (χ4n) is 0.732. The summed E-state index contributed by atoms with van der Waals surface area (Å²) in [5, 5.41) is 0. The van der Waals surface area contributed by atoms with Crippen molar-refractivity contribution in [2.45, 2.75) is 6.42 Å². The molecule has 0 bridgehead atoms. The van der Waals surface area contributed by atoms with Crippen LogP contribution >= 0.6 is 0 Å². The Hall–Kier alpha value is -0.870. The van der Waals surface area contributed by atoms with Crippen LogP contribution < -0.4 is 0 Å². The quantitative estimate of drug-likeness (QED) is 0.606. The lowest BCUT2D eigenvalue weighted by Crippen LogP contribution is -1.98. The molecule has 0 unspecified atom stereocenters. The maximum atomic E-state index is 10.5. The van der Waals surface area contributed by atoms with Crippen LogP contribution in [0.2, 0.25) is 0 Å². The largest absolute Gasteiger partial charge is 0.294 e. The molecule has 0 spiro atoms. The van der Waals surface area contributed by atoms with Crippen LogP contribution in [-0.2, 0) is 10.1 Å². The van der Waals surface area contributed by atoms with Crippen molar-refractivity contribution in [1.29, 1.82) is 0 Å². The van der Waals surface area contributed by atoms with Crippen LogP contribution in [0.4, 0.5) is 0 Å². The molecule has 0 aromatic rings. The van der Waals surface area contributed by atoms with Crippen molar-refractivity contribution in [2.75, 3.05) is 0 Å². The van der Waals surface area contributed by atoms with E-state index in [0.29, 0.717) is 6.42 Å². The fraction of sp³-hybridized carbons (Fsp3) is 0.143. The Labute approximate surface area is 65.5 Å². The molecule has 0 aromatic heterocycles. The minimum Gasteiger partial charge on any atom is -0.282 e. The van der Waals surface area contributed by atoms with Gasteiger partial charge >= 0.3 is 0 Å². The van der Waals surface area contributed by atoms with Gasteiger partial charge in [-0.1, -0.05) is 18.2 Å². The van der Waals surface area contributed by atoms with Gasteiger partial charge in [-0.25, -0.2) is 0 Å². The minimum absolute atomic E-state index is 0.0637. The molecule has 0 atom stereocenters. The number of allylic oxidation sites excluding steroid dienone is 5. The van der Waals surface area contributed by atoms with Crippen LogP contribution in [0.25, 0.3) is 0 Å². The molecule has 4 heteroatoms. The summed E-state index contributed by atoms with van der Waals surface area (Å²) in [7, 11) is -4.03. The number of hydrogen-bond donors (Lipinski definition) is 1. The molecule has 1 rings (SSSR count). The molecule has 0 aliphatic heterocycles. The Morgan fingerprint density at radius 3 is 2.73 bits per heavy atom. The fourth-order valence-corrected chi connectivity index (χ4v) is 1.25. The molecule has 0 aromatic carbocycles. The summed E-state index contributed by atoms with van der Waals surface area (Å²) < 4.78 is 29.7. The Morgan fingerprint density at radius 2 is 2.09 bits per heavy atom. The van der Waals surface area contributed by atoms with E-state index in [9.17, 15) is 8.42 Å². The maximum absolute atomic E-state index is 10.5. The molecule has 0 heterocycles. The monoisotopic (exact) mass is 172 g/mol. The molecule has 0 saturated heterocycles. The third kappa shape index (κ3) is 2.32. The van der Waals surface area contributed by atoms with Gasteiger partial charge < -0.3 is 0 Å². The van der Waals surface area contributed by atoms with E-state index in [1.165, 1.54) is 12.2 Å². The second-order valence-corrected chi connectivity index (χ2v) is 3.53. The van der Waals surface area contributed by atoms with Crippen LogP contribution in [0.15, 0.2) is 35.3 Å². The Bertz CT molecular complexity index is 320. The molecule has 1 N–H and O–H groups in total. The van der Waals surface area contributed by atoms with Crippen molar-refractivity contribution in [3.63, 3.8) is 0 Å². The van der Waals surface area contributed by atoms with Gasteiger partial charge in [-0.2, -0.15) is 8.42 Å². The summed E-state index contributed by atoms with van der Waals surface area (Å²) in [4.78, 5) is -0.0637. The summed E-state index contributed by atoms with van der Waals surface area (Å²) in [5.41, 5.74) is 0. The highest BCUT2D eigenvalue weighted by atomic mass is 32.2. The van der Waals surface area contributed by atoms with Gasteiger partial charge in [0.1, 0.15) is 0 Å². The van der Waals surface area contributed by atoms with Gasteiger partial charge in [0.2, 0.25) is 0 Å². The lowest BCUT2D eigenvalue weighted by molar-refractivity contribution is 0.492. The maximum Gasteiger partial charge on any atom is 0.294 e. The summed E-state index contributed by atoms with van der Waals surface area (Å²) >= 11 is 0. The Kier molecular flexibility index (Phi) is 2.26. The molecule has 0 fully saturated rings. The SMILES string of the molecule is O=S(=O)(O)C1=CC=CCC=C1. The average Bonchev–Trinajstić information content (AvgIpc) is 2.10. The highest BCUT2D eigenvalue weighted by Crippen LogP contribution is 2.09. The third-order valence-corrected chi connectivity index (χ3v) is 2.12. The van der Waals surface area contributed by atoms with Gasteiger partial charge in [0.05, 0.1) is 4.91 Å². The van der Waals surface area contributed by atoms with E-state index in [-0.39, 0.29) is 4.91 Å². The molecular formula is C7H8O3S. The first-order chi connectivity index (χ1) is 5.11. The predicted molar refractivity (Wildman–Crippen MR) is 42.5 cm³/mol. The smallest absolute Gasteiger partial charge is 0.282 e. The normalized spacial score (nSPS) is 17.7. The van der Waals surface area contributed by atoms with Crippen molar-refractivity contribution in [1.82, 2.24) is 0 Å². The van der Waals surface area contributed by atoms with E-state index in [2.05, 4.69) is 0 Å². The Balaban J connectivity index is 3.05. The van der Waals surface area contributed by atoms with Crippen molar-refractivity contribution < 1.29 is 13.0 Å². The van der Waals surface area contributed by atoms with E-state index in [1.807, 2.05) is 0 Å². The third-order valence-electron chi connectivity index (χ3n) is 1.25. The second-order valence-electron chi connectivity index (χ2n) is 2.11. The predicted octanol–water partition coefficient (Wildman–Crippen LogP) is 1.27. The molecular weight excluding hydrogens is 164 g/mol. The average molecular weight is 172 g/mol. The van der Waals surface area contributed by atoms with Gasteiger partial charge in [-0.05, 0) is 18.6 Å². The minimum atomic E-state index is -4.03. The van der Waals surface area contributed by atoms with Gasteiger partial charge in [-0.15, -0.1) is 0 Å². The van der Waals surface area contributed by atoms with E-state index in [0.717, 1.165) is 0 Å². The Morgan fingerprint density at radius 1 is 1.36 bits per heavy atom. The molecule has 0 saturated carbocycles. The van der Waals surface area contributed by atoms with E-state index >= 15 is 0 Å². The van der Waals surface area contributed by atoms with Crippen LogP contribution in [0.1, 0.15) is 6.42 Å². The zero-order chi connectivity index (χ0) is 8.32. The molecule has 0 radical (unpaired) electrons. The van der Waals surface area contributed by atoms with E-state index in [4.69, 9.17) is 4.55 Å². The molecule has 60 valence electrons. The first-order valence-electron chi connectivity index (χ1n) is 3.11. The molecule has 1 aliphatic rings. The lowest BCUT2D eigenvalue weighted by Gasteiger charge is -1.92. The van der Waals surface area contributed by atoms with Gasteiger partial charge in [0.15, 0.2) is 0 Å². The van der Waals surface area contributed by atoms with Crippen molar-refractivity contribution in [3.8, 4) is 0 Å². The van der Waals surface area contributed by atoms with Crippen LogP contribution in [0.3, 0.4) is 0 Å². The summed E-state index contributed by atoms with van der Waals surface area (Å²) in [6.07, 6.45) is 8.50. The standard InChI is InChI=1S/C7H8O3S/c8-11(9,10)7-5-3-1-2-4-6-7/h1,3-6H,2H2,(H,8,9,10). The molecule has 11 heavy (non-hydrogen) atoms. The van der Waals surface area contributed by atoms with Crippen molar-refractivity contribution >= 4 is 10.1 Å². The zero-order valence-electron chi connectivity index (χ0n) is 5.77.